The van der Waals surface area contributed by atoms with Crippen molar-refractivity contribution in [2.24, 2.45) is 0 Å². The van der Waals surface area contributed by atoms with Gasteiger partial charge in [0.05, 0.1) is 52.8 Å². The molecule has 0 aliphatic carbocycles. The summed E-state index contributed by atoms with van der Waals surface area (Å²) in [6.45, 7) is -0.850. The van der Waals surface area contributed by atoms with Gasteiger partial charge in [0, 0.05) is 23.9 Å². The maximum atomic E-state index is 15.3. The van der Waals surface area contributed by atoms with Crippen molar-refractivity contribution in [1.82, 2.24) is 20.8 Å². The van der Waals surface area contributed by atoms with Crippen molar-refractivity contribution >= 4 is 29.4 Å². The molecular weight excluding hydrogens is 655 g/mol. The minimum Gasteiger partial charge on any atom is -0.477 e. The van der Waals surface area contributed by atoms with E-state index in [0.29, 0.717) is 24.4 Å². The Morgan fingerprint density at radius 1 is 1.06 bits per heavy atom. The molecule has 1 aliphatic heterocycles. The van der Waals surface area contributed by atoms with Crippen LogP contribution in [0.3, 0.4) is 0 Å². The molecule has 0 fully saturated rings. The Bertz CT molecular complexity index is 1710. The second-order valence-electron chi connectivity index (χ2n) is 10.0. The number of H-pyrrole nitrogens is 1. The summed E-state index contributed by atoms with van der Waals surface area (Å²) in [5.74, 6) is -6.81. The lowest BCUT2D eigenvalue weighted by atomic mass is 9.78. The van der Waals surface area contributed by atoms with E-state index in [0.717, 1.165) is 18.4 Å². The van der Waals surface area contributed by atoms with Crippen LogP contribution in [0.2, 0.25) is 5.02 Å². The number of nitrogens with one attached hydrogen (secondary N) is 3. The Kier molecular flexibility index (Phi) is 11.2. The van der Waals surface area contributed by atoms with E-state index < -0.39 is 82.0 Å². The third-order valence-electron chi connectivity index (χ3n) is 6.98. The van der Waals surface area contributed by atoms with Crippen molar-refractivity contribution < 1.29 is 50.5 Å². The van der Waals surface area contributed by atoms with Crippen LogP contribution < -0.4 is 15.4 Å². The van der Waals surface area contributed by atoms with Crippen LogP contribution >= 0.6 is 11.6 Å². The first-order valence-corrected chi connectivity index (χ1v) is 14.3. The topological polar surface area (TPSA) is 132 Å². The lowest BCUT2D eigenvalue weighted by Crippen LogP contribution is -2.36. The van der Waals surface area contributed by atoms with E-state index in [4.69, 9.17) is 21.1 Å². The fourth-order valence-electron chi connectivity index (χ4n) is 4.93. The average Bonchev–Trinajstić information content (AvgIpc) is 3.52. The van der Waals surface area contributed by atoms with Gasteiger partial charge in [-0.2, -0.15) is 13.2 Å². The second kappa shape index (κ2) is 15.1. The quantitative estimate of drug-likeness (QED) is 0.132. The van der Waals surface area contributed by atoms with Gasteiger partial charge >= 0.3 is 18.1 Å². The number of dihydropyridines is 1. The van der Waals surface area contributed by atoms with Gasteiger partial charge in [0.2, 0.25) is 5.88 Å². The molecule has 1 aliphatic rings. The molecule has 1 aromatic heterocycles. The number of amides is 1. The number of ether oxygens (including phenoxy) is 3. The van der Waals surface area contributed by atoms with E-state index in [1.54, 1.807) is 6.07 Å². The standard InChI is InChI=1S/C31H28ClF5N4O6/c1-16-24(27(26(29(43)45-2)21(14-33)39-16)25-19(34)10-9-18(32)28(25)31(35,36)37)30(44)47-15-22(42)38-11-6-12-46-23-13-20(40-41-23)17-7-4-3-5-8-17/h3-5,7-10,13,27,39H,6,11-12,14-15H2,1-2H3,(H,38,42)(H,40,41). The molecule has 3 N–H and O–H groups in total. The van der Waals surface area contributed by atoms with Gasteiger partial charge in [0.15, 0.2) is 6.61 Å². The van der Waals surface area contributed by atoms with Crippen LogP contribution in [0.25, 0.3) is 11.3 Å². The van der Waals surface area contributed by atoms with Crippen molar-refractivity contribution in [3.8, 4) is 17.1 Å². The highest BCUT2D eigenvalue weighted by Gasteiger charge is 2.46. The molecule has 3 aromatic rings. The predicted molar refractivity (Wildman–Crippen MR) is 158 cm³/mol. The van der Waals surface area contributed by atoms with Crippen LogP contribution in [0.5, 0.6) is 5.88 Å². The van der Waals surface area contributed by atoms with Crippen molar-refractivity contribution in [3.63, 3.8) is 0 Å². The number of allylic oxidation sites excluding steroid dienone is 2. The zero-order valence-corrected chi connectivity index (χ0v) is 25.7. The summed E-state index contributed by atoms with van der Waals surface area (Å²) < 4.78 is 87.2. The van der Waals surface area contributed by atoms with E-state index in [2.05, 4.69) is 25.6 Å². The molecular formula is C31H28ClF5N4O6. The van der Waals surface area contributed by atoms with E-state index in [9.17, 15) is 31.9 Å². The summed E-state index contributed by atoms with van der Waals surface area (Å²) in [5.41, 5.74) is -3.55. The first-order chi connectivity index (χ1) is 22.4. The van der Waals surface area contributed by atoms with Gasteiger partial charge in [-0.3, -0.25) is 9.89 Å². The molecule has 2 aromatic carbocycles. The van der Waals surface area contributed by atoms with Gasteiger partial charge in [0.1, 0.15) is 12.5 Å². The normalized spacial score (nSPS) is 14.9. The largest absolute Gasteiger partial charge is 0.477 e. The molecule has 1 amide bonds. The van der Waals surface area contributed by atoms with Gasteiger partial charge < -0.3 is 24.8 Å². The van der Waals surface area contributed by atoms with Gasteiger partial charge in [-0.1, -0.05) is 41.9 Å². The second-order valence-corrected chi connectivity index (χ2v) is 10.5. The summed E-state index contributed by atoms with van der Waals surface area (Å²) in [7, 11) is 0.872. The van der Waals surface area contributed by atoms with Crippen molar-refractivity contribution in [3.05, 3.63) is 93.0 Å². The van der Waals surface area contributed by atoms with E-state index in [1.165, 1.54) is 6.92 Å². The number of carbonyl (C=O) groups is 3. The van der Waals surface area contributed by atoms with Gasteiger partial charge in [-0.05, 0) is 31.0 Å². The Morgan fingerprint density at radius 2 is 1.79 bits per heavy atom. The van der Waals surface area contributed by atoms with E-state index >= 15 is 4.39 Å². The number of hydrogen-bond donors (Lipinski definition) is 3. The highest BCUT2D eigenvalue weighted by molar-refractivity contribution is 6.31. The number of carbonyl (C=O) groups excluding carboxylic acids is 3. The van der Waals surface area contributed by atoms with Gasteiger partial charge in [0.25, 0.3) is 5.91 Å². The number of esters is 2. The van der Waals surface area contributed by atoms with Gasteiger partial charge in [-0.25, -0.2) is 18.4 Å². The summed E-state index contributed by atoms with van der Waals surface area (Å²) in [6, 6.07) is 12.4. The minimum absolute atomic E-state index is 0.0933. The Morgan fingerprint density at radius 3 is 2.45 bits per heavy atom. The molecule has 250 valence electrons. The highest BCUT2D eigenvalue weighted by atomic mass is 35.5. The van der Waals surface area contributed by atoms with Crippen molar-refractivity contribution in [2.75, 3.05) is 33.5 Å². The maximum Gasteiger partial charge on any atom is 0.418 e. The molecule has 0 bridgehead atoms. The molecule has 0 spiro atoms. The van der Waals surface area contributed by atoms with E-state index in [-0.39, 0.29) is 18.8 Å². The number of hydrogen-bond acceptors (Lipinski definition) is 8. The molecule has 10 nitrogen and oxygen atoms in total. The molecule has 4 rings (SSSR count). The van der Waals surface area contributed by atoms with Crippen LogP contribution in [0.1, 0.15) is 30.4 Å². The Balaban J connectivity index is 1.45. The molecule has 2 heterocycles. The lowest BCUT2D eigenvalue weighted by Gasteiger charge is -2.32. The molecule has 0 saturated heterocycles. The fourth-order valence-corrected chi connectivity index (χ4v) is 5.20. The molecule has 0 saturated carbocycles. The lowest BCUT2D eigenvalue weighted by molar-refractivity contribution is -0.145. The first kappa shape index (κ1) is 34.9. The third kappa shape index (κ3) is 8.09. The zero-order chi connectivity index (χ0) is 34.3. The number of halogens is 6. The predicted octanol–water partition coefficient (Wildman–Crippen LogP) is 5.37. The summed E-state index contributed by atoms with van der Waals surface area (Å²) >= 11 is 5.83. The molecule has 1 atom stereocenters. The number of nitrogens with zero attached hydrogens (tertiary/aromatic N) is 1. The smallest absolute Gasteiger partial charge is 0.418 e. The molecule has 16 heteroatoms. The Labute approximate surface area is 269 Å². The SMILES string of the molecule is COC(=O)C1=C(CF)NC(C)=C(C(=O)OCC(=O)NCCCOc2cc(-c3ccccc3)[nH]n2)C1c1c(F)ccc(Cl)c1C(F)(F)F. The average molecular weight is 683 g/mol. The number of aromatic nitrogens is 2. The van der Waals surface area contributed by atoms with Crippen molar-refractivity contribution in [2.45, 2.75) is 25.4 Å². The van der Waals surface area contributed by atoms with Gasteiger partial charge in [-0.15, -0.1) is 5.10 Å². The molecule has 47 heavy (non-hydrogen) atoms. The zero-order valence-electron chi connectivity index (χ0n) is 24.9. The number of rotatable bonds is 12. The van der Waals surface area contributed by atoms with E-state index in [1.807, 2.05) is 30.3 Å². The fraction of sp³-hybridized carbons (Fsp3) is 0.290. The van der Waals surface area contributed by atoms with Crippen molar-refractivity contribution in [1.29, 1.82) is 0 Å². The number of aromatic amines is 1. The number of alkyl halides is 4. The maximum absolute atomic E-state index is 15.3. The first-order valence-electron chi connectivity index (χ1n) is 13.9. The molecule has 0 radical (unpaired) electrons. The Hall–Kier alpha value is -4.92. The molecule has 1 unspecified atom stereocenters. The summed E-state index contributed by atoms with van der Waals surface area (Å²) in [5, 5.41) is 10.9. The summed E-state index contributed by atoms with van der Waals surface area (Å²) in [6.07, 6.45) is -4.93. The van der Waals surface area contributed by atoms with Crippen LogP contribution in [-0.4, -0.2) is 61.6 Å². The highest BCUT2D eigenvalue weighted by Crippen LogP contribution is 2.47. The third-order valence-corrected chi connectivity index (χ3v) is 7.30. The van der Waals surface area contributed by atoms with Crippen LogP contribution in [0, 0.1) is 5.82 Å². The van der Waals surface area contributed by atoms with Crippen LogP contribution in [-0.2, 0) is 30.0 Å². The number of benzene rings is 2. The van der Waals surface area contributed by atoms with Crippen LogP contribution in [0.15, 0.2) is 71.1 Å². The summed E-state index contributed by atoms with van der Waals surface area (Å²) in [4.78, 5) is 38.5. The monoisotopic (exact) mass is 682 g/mol. The minimum atomic E-state index is -5.26. The van der Waals surface area contributed by atoms with Crippen LogP contribution in [0.4, 0.5) is 22.0 Å². The number of methoxy groups -OCH3 is 1.